The molecule has 1 aromatic rings. The average molecular weight is 393 g/mol. The number of nitrogens with zero attached hydrogens (tertiary/aromatic N) is 3. The molecule has 0 spiro atoms. The second-order valence-corrected chi connectivity index (χ2v) is 5.31. The molecule has 0 radical (unpaired) electrons. The second kappa shape index (κ2) is 13.4. The predicted octanol–water partition coefficient (Wildman–Crippen LogP) is -3.80. The van der Waals surface area contributed by atoms with Crippen molar-refractivity contribution in [2.45, 2.75) is 19.6 Å². The van der Waals surface area contributed by atoms with Gasteiger partial charge in [-0.3, -0.25) is 0 Å². The largest absolute Gasteiger partial charge is 0.394 e. The van der Waals surface area contributed by atoms with Crippen molar-refractivity contribution < 1.29 is 29.5 Å². The third-order valence-electron chi connectivity index (χ3n) is 3.47. The first kappa shape index (κ1) is 23.2. The van der Waals surface area contributed by atoms with Crippen LogP contribution in [-0.4, -0.2) is 88.5 Å². The summed E-state index contributed by atoms with van der Waals surface area (Å²) in [6, 6.07) is 0. The highest BCUT2D eigenvalue weighted by atomic mass is 16.5. The number of ether oxygens (including phenoxy) is 3. The molecule has 0 bridgehead atoms. The van der Waals surface area contributed by atoms with Crippen LogP contribution in [-0.2, 0) is 33.8 Å². The van der Waals surface area contributed by atoms with Gasteiger partial charge in [0.1, 0.15) is 0 Å². The van der Waals surface area contributed by atoms with Crippen LogP contribution in [0.5, 0.6) is 0 Å². The molecule has 0 saturated carbocycles. The van der Waals surface area contributed by atoms with E-state index in [1.165, 1.54) is 0 Å². The standard InChI is InChI=1S/C15H27N3O9/c19-4-10-25-7-1-16-13(22)17(2-8-26-11-5-20)15(24)18(14(16)23)3-9-27-12-6-21/h19-21H,1-12H2. The molecule has 27 heavy (non-hydrogen) atoms. The maximum atomic E-state index is 12.5. The summed E-state index contributed by atoms with van der Waals surface area (Å²) >= 11 is 0. The molecule has 0 aliphatic carbocycles. The topological polar surface area (TPSA) is 154 Å². The van der Waals surface area contributed by atoms with Gasteiger partial charge in [0.2, 0.25) is 0 Å². The van der Waals surface area contributed by atoms with Crippen LogP contribution >= 0.6 is 0 Å². The molecule has 0 amide bonds. The lowest BCUT2D eigenvalue weighted by Gasteiger charge is -2.14. The molecule has 1 heterocycles. The van der Waals surface area contributed by atoms with Gasteiger partial charge < -0.3 is 29.5 Å². The van der Waals surface area contributed by atoms with Gasteiger partial charge in [0, 0.05) is 0 Å². The van der Waals surface area contributed by atoms with Gasteiger partial charge in [-0.25, -0.2) is 28.1 Å². The SMILES string of the molecule is O=c1n(CCOCCO)c(=O)n(CCOCCO)c(=O)n1CCOCCO. The fourth-order valence-corrected chi connectivity index (χ4v) is 2.22. The van der Waals surface area contributed by atoms with Crippen molar-refractivity contribution in [3.05, 3.63) is 31.5 Å². The monoisotopic (exact) mass is 393 g/mol. The van der Waals surface area contributed by atoms with E-state index >= 15 is 0 Å². The van der Waals surface area contributed by atoms with E-state index in [4.69, 9.17) is 29.5 Å². The molecular weight excluding hydrogens is 366 g/mol. The van der Waals surface area contributed by atoms with Gasteiger partial charge in [0.05, 0.1) is 79.1 Å². The fourth-order valence-electron chi connectivity index (χ4n) is 2.22. The van der Waals surface area contributed by atoms with E-state index < -0.39 is 17.1 Å². The summed E-state index contributed by atoms with van der Waals surface area (Å²) in [6.45, 7) is -0.630. The Balaban J connectivity index is 3.09. The Morgan fingerprint density at radius 3 is 1.00 bits per heavy atom. The Morgan fingerprint density at radius 2 is 0.778 bits per heavy atom. The molecule has 3 N–H and O–H groups in total. The van der Waals surface area contributed by atoms with Crippen molar-refractivity contribution in [3.63, 3.8) is 0 Å². The molecule has 0 fully saturated rings. The van der Waals surface area contributed by atoms with Crippen LogP contribution < -0.4 is 17.1 Å². The maximum Gasteiger partial charge on any atom is 0.336 e. The van der Waals surface area contributed by atoms with Crippen LogP contribution in [0.25, 0.3) is 0 Å². The summed E-state index contributed by atoms with van der Waals surface area (Å²) in [7, 11) is 0. The summed E-state index contributed by atoms with van der Waals surface area (Å²) in [5, 5.41) is 26.1. The zero-order chi connectivity index (χ0) is 20.1. The maximum absolute atomic E-state index is 12.5. The number of aromatic nitrogens is 3. The Labute approximate surface area is 154 Å². The van der Waals surface area contributed by atoms with Crippen LogP contribution in [0.4, 0.5) is 0 Å². The lowest BCUT2D eigenvalue weighted by molar-refractivity contribution is 0.0776. The summed E-state index contributed by atoms with van der Waals surface area (Å²) in [4.78, 5) is 37.5. The van der Waals surface area contributed by atoms with Gasteiger partial charge in [0.15, 0.2) is 0 Å². The van der Waals surface area contributed by atoms with Crippen molar-refractivity contribution >= 4 is 0 Å². The van der Waals surface area contributed by atoms with E-state index in [0.29, 0.717) is 0 Å². The minimum absolute atomic E-state index is 0.00986. The molecule has 0 aromatic carbocycles. The van der Waals surface area contributed by atoms with Crippen LogP contribution in [0.1, 0.15) is 0 Å². The summed E-state index contributed by atoms with van der Waals surface area (Å²) < 4.78 is 17.9. The Kier molecular flexibility index (Phi) is 11.5. The normalized spacial score (nSPS) is 11.2. The minimum Gasteiger partial charge on any atom is -0.394 e. The number of hydrogen-bond acceptors (Lipinski definition) is 9. The van der Waals surface area contributed by atoms with Gasteiger partial charge in [-0.05, 0) is 0 Å². The van der Waals surface area contributed by atoms with Gasteiger partial charge in [-0.15, -0.1) is 0 Å². The van der Waals surface area contributed by atoms with Gasteiger partial charge in [0.25, 0.3) is 0 Å². The van der Waals surface area contributed by atoms with E-state index in [-0.39, 0.29) is 79.1 Å². The molecule has 0 aliphatic heterocycles. The molecular formula is C15H27N3O9. The van der Waals surface area contributed by atoms with Crippen molar-refractivity contribution in [2.75, 3.05) is 59.5 Å². The third kappa shape index (κ3) is 7.36. The van der Waals surface area contributed by atoms with Gasteiger partial charge in [-0.2, -0.15) is 0 Å². The molecule has 0 saturated heterocycles. The van der Waals surface area contributed by atoms with E-state index in [0.717, 1.165) is 13.7 Å². The van der Waals surface area contributed by atoms with Crippen LogP contribution in [0, 0.1) is 0 Å². The third-order valence-corrected chi connectivity index (χ3v) is 3.47. The summed E-state index contributed by atoms with van der Waals surface area (Å²) in [5.74, 6) is 0. The highest BCUT2D eigenvalue weighted by Crippen LogP contribution is 1.84. The van der Waals surface area contributed by atoms with E-state index in [1.54, 1.807) is 0 Å². The lowest BCUT2D eigenvalue weighted by atomic mass is 10.5. The van der Waals surface area contributed by atoms with Crippen molar-refractivity contribution in [1.29, 1.82) is 0 Å². The first-order valence-electron chi connectivity index (χ1n) is 8.58. The molecule has 1 rings (SSSR count). The smallest absolute Gasteiger partial charge is 0.336 e. The van der Waals surface area contributed by atoms with Gasteiger partial charge in [-0.1, -0.05) is 0 Å². The van der Waals surface area contributed by atoms with Crippen LogP contribution in [0.15, 0.2) is 14.4 Å². The zero-order valence-corrected chi connectivity index (χ0v) is 15.1. The zero-order valence-electron chi connectivity index (χ0n) is 15.1. The Morgan fingerprint density at radius 1 is 0.519 bits per heavy atom. The molecule has 0 aliphatic rings. The van der Waals surface area contributed by atoms with E-state index in [9.17, 15) is 14.4 Å². The quantitative estimate of drug-likeness (QED) is 0.254. The highest BCUT2D eigenvalue weighted by molar-refractivity contribution is 4.79. The number of aliphatic hydroxyl groups excluding tert-OH is 3. The first-order chi connectivity index (χ1) is 13.1. The number of rotatable bonds is 15. The van der Waals surface area contributed by atoms with E-state index in [2.05, 4.69) is 0 Å². The molecule has 0 unspecified atom stereocenters. The predicted molar refractivity (Wildman–Crippen MR) is 92.9 cm³/mol. The van der Waals surface area contributed by atoms with Gasteiger partial charge >= 0.3 is 17.1 Å². The Hall–Kier alpha value is -1.83. The van der Waals surface area contributed by atoms with E-state index in [1.807, 2.05) is 0 Å². The average Bonchev–Trinajstić information content (AvgIpc) is 2.66. The van der Waals surface area contributed by atoms with Crippen LogP contribution in [0.2, 0.25) is 0 Å². The highest BCUT2D eigenvalue weighted by Gasteiger charge is 2.15. The molecule has 0 atom stereocenters. The van der Waals surface area contributed by atoms with Crippen molar-refractivity contribution in [3.8, 4) is 0 Å². The van der Waals surface area contributed by atoms with Crippen LogP contribution in [0.3, 0.4) is 0 Å². The van der Waals surface area contributed by atoms with Crippen molar-refractivity contribution in [1.82, 2.24) is 13.7 Å². The summed E-state index contributed by atoms with van der Waals surface area (Å²) in [5.41, 5.74) is -2.38. The molecule has 156 valence electrons. The number of aliphatic hydroxyl groups is 3. The lowest BCUT2D eigenvalue weighted by Crippen LogP contribution is -2.55. The van der Waals surface area contributed by atoms with Crippen molar-refractivity contribution in [2.24, 2.45) is 0 Å². The molecule has 1 aromatic heterocycles. The second-order valence-electron chi connectivity index (χ2n) is 5.31. The fraction of sp³-hybridized carbons (Fsp3) is 0.800. The number of hydrogen-bond donors (Lipinski definition) is 3. The minimum atomic E-state index is -0.794. The molecule has 12 heteroatoms. The first-order valence-corrected chi connectivity index (χ1v) is 8.58. The molecule has 12 nitrogen and oxygen atoms in total. The Bertz CT molecular complexity index is 584. The summed E-state index contributed by atoms with van der Waals surface area (Å²) in [6.07, 6.45) is 0.